The van der Waals surface area contributed by atoms with Crippen molar-refractivity contribution in [1.29, 1.82) is 0 Å². The molecule has 2 unspecified atom stereocenters. The number of carboxylic acids is 1. The van der Waals surface area contributed by atoms with E-state index >= 15 is 0 Å². The molecule has 0 aromatic heterocycles. The van der Waals surface area contributed by atoms with Crippen molar-refractivity contribution in [2.24, 2.45) is 0 Å². The van der Waals surface area contributed by atoms with E-state index in [4.69, 9.17) is 4.74 Å². The summed E-state index contributed by atoms with van der Waals surface area (Å²) in [4.78, 5) is 11.8. The Bertz CT molecular complexity index is 508. The molecule has 0 bridgehead atoms. The van der Waals surface area contributed by atoms with E-state index in [0.717, 1.165) is 0 Å². The minimum atomic E-state index is -1.19. The number of rotatable bonds is 4. The topological polar surface area (TPSA) is 58.6 Å². The fraction of sp³-hybridized carbons (Fsp3) is 0.533. The van der Waals surface area contributed by atoms with Gasteiger partial charge in [-0.1, -0.05) is 19.1 Å². The monoisotopic (exact) mass is 281 g/mol. The second-order valence-corrected chi connectivity index (χ2v) is 5.57. The van der Waals surface area contributed by atoms with Gasteiger partial charge in [-0.2, -0.15) is 0 Å². The van der Waals surface area contributed by atoms with Gasteiger partial charge in [-0.15, -0.1) is 0 Å². The number of hydrogen-bond acceptors (Lipinski definition) is 3. The first-order chi connectivity index (χ1) is 9.41. The summed E-state index contributed by atoms with van der Waals surface area (Å²) < 4.78 is 19.5. The highest BCUT2D eigenvalue weighted by Crippen LogP contribution is 2.37. The summed E-state index contributed by atoms with van der Waals surface area (Å²) in [6, 6.07) is 6.13. The first kappa shape index (κ1) is 14.8. The second kappa shape index (κ2) is 5.40. The minimum Gasteiger partial charge on any atom is -0.480 e. The van der Waals surface area contributed by atoms with Gasteiger partial charge in [-0.25, -0.2) is 9.18 Å². The predicted molar refractivity (Wildman–Crippen MR) is 74.3 cm³/mol. The number of benzene rings is 1. The highest BCUT2D eigenvalue weighted by atomic mass is 19.1. The molecular formula is C15H20FNO3. The summed E-state index contributed by atoms with van der Waals surface area (Å²) >= 11 is 0. The molecule has 110 valence electrons. The summed E-state index contributed by atoms with van der Waals surface area (Å²) in [5.74, 6) is -1.42. The maximum Gasteiger partial charge on any atom is 0.329 e. The van der Waals surface area contributed by atoms with Crippen LogP contribution < -0.4 is 5.32 Å². The molecule has 0 spiro atoms. The van der Waals surface area contributed by atoms with Crippen molar-refractivity contribution in [2.75, 3.05) is 11.9 Å². The van der Waals surface area contributed by atoms with Gasteiger partial charge in [0, 0.05) is 12.8 Å². The third-order valence-corrected chi connectivity index (χ3v) is 4.06. The minimum absolute atomic E-state index is 0.218. The molecule has 5 heteroatoms. The molecule has 4 nitrogen and oxygen atoms in total. The lowest BCUT2D eigenvalue weighted by Crippen LogP contribution is -2.56. The van der Waals surface area contributed by atoms with Crippen molar-refractivity contribution in [3.63, 3.8) is 0 Å². The lowest BCUT2D eigenvalue weighted by Gasteiger charge is -2.44. The molecule has 1 aromatic carbocycles. The van der Waals surface area contributed by atoms with E-state index in [9.17, 15) is 14.3 Å². The lowest BCUT2D eigenvalue weighted by molar-refractivity contribution is -0.154. The van der Waals surface area contributed by atoms with Gasteiger partial charge in [-0.05, 0) is 25.5 Å². The average molecular weight is 281 g/mol. The fourth-order valence-corrected chi connectivity index (χ4v) is 2.64. The maximum absolute atomic E-state index is 13.8. The number of hydrogen-bond donors (Lipinski definition) is 2. The quantitative estimate of drug-likeness (QED) is 0.890. The molecular weight excluding hydrogens is 261 g/mol. The highest BCUT2D eigenvalue weighted by Gasteiger charge is 2.48. The van der Waals surface area contributed by atoms with Crippen molar-refractivity contribution >= 4 is 11.7 Å². The first-order valence-corrected chi connectivity index (χ1v) is 6.81. The van der Waals surface area contributed by atoms with Gasteiger partial charge in [0.15, 0.2) is 0 Å². The maximum atomic E-state index is 13.8. The van der Waals surface area contributed by atoms with Gasteiger partial charge in [0.1, 0.15) is 11.4 Å². The number of anilines is 1. The summed E-state index contributed by atoms with van der Waals surface area (Å²) in [6.07, 6.45) is 1.33. The number of para-hydroxylation sites is 1. The van der Waals surface area contributed by atoms with Crippen LogP contribution in [0.4, 0.5) is 10.1 Å². The largest absolute Gasteiger partial charge is 0.480 e. The Hall–Kier alpha value is -1.62. The van der Waals surface area contributed by atoms with Crippen LogP contribution in [-0.2, 0) is 9.53 Å². The number of ether oxygens (including phenoxy) is 1. The molecule has 2 rings (SSSR count). The van der Waals surface area contributed by atoms with E-state index < -0.39 is 22.9 Å². The van der Waals surface area contributed by atoms with E-state index in [1.165, 1.54) is 6.07 Å². The molecule has 0 radical (unpaired) electrons. The molecule has 1 heterocycles. The number of carbonyl (C=O) groups is 1. The lowest BCUT2D eigenvalue weighted by atomic mass is 9.79. The predicted octanol–water partition coefficient (Wildman–Crippen LogP) is 3.04. The van der Waals surface area contributed by atoms with Crippen molar-refractivity contribution in [3.8, 4) is 0 Å². The summed E-state index contributed by atoms with van der Waals surface area (Å²) in [7, 11) is 0. The molecule has 1 saturated heterocycles. The van der Waals surface area contributed by atoms with Gasteiger partial charge < -0.3 is 15.2 Å². The fourth-order valence-electron chi connectivity index (χ4n) is 2.64. The number of nitrogens with one attached hydrogen (secondary N) is 1. The standard InChI is InChI=1S/C15H20FNO3/c1-3-14(2)10-15(13(18)19,8-9-20-14)17-12-7-5-4-6-11(12)16/h4-7,17H,3,8-10H2,1-2H3,(H,18,19). The Kier molecular flexibility index (Phi) is 3.99. The number of halogens is 1. The zero-order valence-corrected chi connectivity index (χ0v) is 11.8. The van der Waals surface area contributed by atoms with Crippen molar-refractivity contribution in [2.45, 2.75) is 44.2 Å². The van der Waals surface area contributed by atoms with Gasteiger partial charge in [0.05, 0.1) is 17.9 Å². The van der Waals surface area contributed by atoms with Crippen LogP contribution in [-0.4, -0.2) is 28.8 Å². The molecule has 1 aliphatic rings. The van der Waals surface area contributed by atoms with Gasteiger partial charge in [-0.3, -0.25) is 0 Å². The average Bonchev–Trinajstić information content (AvgIpc) is 2.41. The van der Waals surface area contributed by atoms with Crippen LogP contribution >= 0.6 is 0 Å². The van der Waals surface area contributed by atoms with Crippen LogP contribution in [0.1, 0.15) is 33.1 Å². The van der Waals surface area contributed by atoms with Crippen LogP contribution in [0.25, 0.3) is 0 Å². The normalized spacial score (nSPS) is 29.9. The second-order valence-electron chi connectivity index (χ2n) is 5.57. The Morgan fingerprint density at radius 3 is 2.80 bits per heavy atom. The van der Waals surface area contributed by atoms with Crippen molar-refractivity contribution in [1.82, 2.24) is 0 Å². The molecule has 1 fully saturated rings. The van der Waals surface area contributed by atoms with Crippen molar-refractivity contribution in [3.05, 3.63) is 30.1 Å². The van der Waals surface area contributed by atoms with E-state index in [2.05, 4.69) is 5.32 Å². The zero-order valence-electron chi connectivity index (χ0n) is 11.8. The van der Waals surface area contributed by atoms with E-state index in [0.29, 0.717) is 25.9 Å². The van der Waals surface area contributed by atoms with Crippen LogP contribution in [0.15, 0.2) is 24.3 Å². The Morgan fingerprint density at radius 2 is 2.20 bits per heavy atom. The molecule has 1 aliphatic heterocycles. The molecule has 2 atom stereocenters. The molecule has 0 aliphatic carbocycles. The Labute approximate surface area is 117 Å². The number of aliphatic carboxylic acids is 1. The Balaban J connectivity index is 2.31. The summed E-state index contributed by atoms with van der Waals surface area (Å²) in [5.41, 5.74) is -1.48. The van der Waals surface area contributed by atoms with Crippen LogP contribution in [0.5, 0.6) is 0 Å². The van der Waals surface area contributed by atoms with Crippen LogP contribution in [0.3, 0.4) is 0 Å². The Morgan fingerprint density at radius 1 is 1.50 bits per heavy atom. The molecule has 2 N–H and O–H groups in total. The van der Waals surface area contributed by atoms with E-state index in [-0.39, 0.29) is 5.69 Å². The van der Waals surface area contributed by atoms with Gasteiger partial charge in [0.2, 0.25) is 0 Å². The first-order valence-electron chi connectivity index (χ1n) is 6.81. The van der Waals surface area contributed by atoms with Gasteiger partial charge in [0.25, 0.3) is 0 Å². The summed E-state index contributed by atoms with van der Waals surface area (Å²) in [6.45, 7) is 4.20. The van der Waals surface area contributed by atoms with E-state index in [1.807, 2.05) is 13.8 Å². The smallest absolute Gasteiger partial charge is 0.329 e. The molecule has 1 aromatic rings. The highest BCUT2D eigenvalue weighted by molar-refractivity contribution is 5.83. The molecule has 20 heavy (non-hydrogen) atoms. The number of carboxylic acid groups (broad SMARTS) is 1. The molecule has 0 saturated carbocycles. The van der Waals surface area contributed by atoms with Crippen LogP contribution in [0, 0.1) is 5.82 Å². The van der Waals surface area contributed by atoms with Crippen molar-refractivity contribution < 1.29 is 19.0 Å². The third-order valence-electron chi connectivity index (χ3n) is 4.06. The zero-order chi connectivity index (χ0) is 14.8. The van der Waals surface area contributed by atoms with Crippen LogP contribution in [0.2, 0.25) is 0 Å². The summed E-state index contributed by atoms with van der Waals surface area (Å²) in [5, 5.41) is 12.5. The van der Waals surface area contributed by atoms with E-state index in [1.54, 1.807) is 18.2 Å². The molecule has 0 amide bonds. The third kappa shape index (κ3) is 2.77. The SMILES string of the molecule is CCC1(C)CC(Nc2ccccc2F)(C(=O)O)CCO1. The van der Waals surface area contributed by atoms with Gasteiger partial charge >= 0.3 is 5.97 Å².